The lowest BCUT2D eigenvalue weighted by Crippen LogP contribution is -2.59. The molecule has 11 heteroatoms. The van der Waals surface area contributed by atoms with Crippen LogP contribution in [-0.4, -0.2) is 79.3 Å². The van der Waals surface area contributed by atoms with E-state index in [1.54, 1.807) is 0 Å². The molecule has 1 amide bonds. The molecule has 0 aliphatic heterocycles. The van der Waals surface area contributed by atoms with Crippen molar-refractivity contribution in [3.8, 4) is 0 Å². The minimum absolute atomic E-state index is 0.0694. The molecule has 1 atom stereocenters. The summed E-state index contributed by atoms with van der Waals surface area (Å²) < 4.78 is 25.4. The number of amides is 1. The molecule has 0 aromatic heterocycles. The number of carbonyl (C=O) groups excluding carboxylic acids is 1. The number of hydrogen-bond acceptors (Lipinski definition) is 5. The fourth-order valence-electron chi connectivity index (χ4n) is 3.55. The monoisotopic (exact) mass is 523 g/mol. The summed E-state index contributed by atoms with van der Waals surface area (Å²) in [6.45, 7) is 28.2. The molecule has 184 valence electrons. The van der Waals surface area contributed by atoms with Crippen LogP contribution in [0.25, 0.3) is 0 Å². The molecular weight excluding hydrogens is 475 g/mol. The number of rotatable bonds is 16. The molecule has 0 aromatic carbocycles. The van der Waals surface area contributed by atoms with Crippen LogP contribution in [0, 0.1) is 0 Å². The molecule has 0 aliphatic carbocycles. The average Bonchev–Trinajstić information content (AvgIpc) is 2.55. The fraction of sp³-hybridized carbons (Fsp3) is 0.850. The molecule has 0 aromatic rings. The maximum absolute atomic E-state index is 12.7. The molecule has 31 heavy (non-hydrogen) atoms. The molecule has 6 nitrogen and oxygen atoms in total. The van der Waals surface area contributed by atoms with E-state index in [2.05, 4.69) is 72.0 Å². The highest BCUT2D eigenvalue weighted by atomic mass is 28.5. The summed E-state index contributed by atoms with van der Waals surface area (Å²) in [5.41, 5.74) is 0. The van der Waals surface area contributed by atoms with Gasteiger partial charge in [-0.2, -0.15) is 0 Å². The summed E-state index contributed by atoms with van der Waals surface area (Å²) in [7, 11) is -7.67. The molecule has 0 radical (unpaired) electrons. The van der Waals surface area contributed by atoms with Gasteiger partial charge in [-0.25, -0.2) is 0 Å². The van der Waals surface area contributed by atoms with Crippen molar-refractivity contribution in [3.05, 3.63) is 12.7 Å². The molecule has 0 saturated heterocycles. The second-order valence-corrected chi connectivity index (χ2v) is 27.6. The van der Waals surface area contributed by atoms with Crippen LogP contribution in [0.15, 0.2) is 12.7 Å². The highest BCUT2D eigenvalue weighted by Gasteiger charge is 2.42. The fourth-order valence-corrected chi connectivity index (χ4v) is 17.5. The maximum Gasteiger partial charge on any atom is 0.334 e. The minimum atomic E-state index is -2.57. The lowest BCUT2D eigenvalue weighted by atomic mass is 10.1. The summed E-state index contributed by atoms with van der Waals surface area (Å²) in [6.07, 6.45) is 4.28. The molecule has 0 saturated carbocycles. The predicted octanol–water partition coefficient (Wildman–Crippen LogP) is 4.00. The largest absolute Gasteiger partial charge is 0.436 e. The molecule has 0 rings (SSSR count). The second-order valence-electron chi connectivity index (χ2n) is 10.9. The van der Waals surface area contributed by atoms with Gasteiger partial charge in [-0.05, 0) is 65.2 Å². The van der Waals surface area contributed by atoms with Crippen LogP contribution in [0.4, 0.5) is 0 Å². The Kier molecular flexibility index (Phi) is 13.2. The van der Waals surface area contributed by atoms with Crippen LogP contribution in [0.5, 0.6) is 0 Å². The highest BCUT2D eigenvalue weighted by Crippen LogP contribution is 2.24. The number of ether oxygens (including phenoxy) is 1. The summed E-state index contributed by atoms with van der Waals surface area (Å²) in [5, 5.41) is 0. The Labute approximate surface area is 199 Å². The lowest BCUT2D eigenvalue weighted by molar-refractivity contribution is -0.163. The molecule has 0 spiro atoms. The van der Waals surface area contributed by atoms with E-state index in [1.807, 2.05) is 11.8 Å². The molecule has 0 N–H and O–H groups in total. The van der Waals surface area contributed by atoms with Gasteiger partial charge in [0.2, 0.25) is 5.91 Å². The Morgan fingerprint density at radius 2 is 1.61 bits per heavy atom. The van der Waals surface area contributed by atoms with Crippen molar-refractivity contribution in [3.63, 3.8) is 0 Å². The van der Waals surface area contributed by atoms with Crippen molar-refractivity contribution in [2.75, 3.05) is 18.9 Å². The maximum atomic E-state index is 12.7. The number of hydrogen-bond donors (Lipinski definition) is 0. The lowest BCUT2D eigenvalue weighted by Gasteiger charge is -2.41. The average molecular weight is 524 g/mol. The van der Waals surface area contributed by atoms with Gasteiger partial charge >= 0.3 is 8.56 Å². The van der Waals surface area contributed by atoms with E-state index in [-0.39, 0.29) is 5.91 Å². The first-order chi connectivity index (χ1) is 13.9. The zero-order chi connectivity index (χ0) is 24.5. The van der Waals surface area contributed by atoms with Gasteiger partial charge in [0, 0.05) is 19.2 Å². The van der Waals surface area contributed by atoms with Crippen molar-refractivity contribution in [2.45, 2.75) is 91.0 Å². The Hall–Kier alpha value is 0.134. The van der Waals surface area contributed by atoms with Gasteiger partial charge < -0.3 is 22.3 Å². The first kappa shape index (κ1) is 31.1. The van der Waals surface area contributed by atoms with E-state index in [4.69, 9.17) is 17.4 Å². The van der Waals surface area contributed by atoms with Gasteiger partial charge in [0.1, 0.15) is 0 Å². The third-order valence-electron chi connectivity index (χ3n) is 4.24. The topological polar surface area (TPSA) is 57.2 Å². The smallest absolute Gasteiger partial charge is 0.334 e. The van der Waals surface area contributed by atoms with Crippen LogP contribution < -0.4 is 0 Å². The van der Waals surface area contributed by atoms with Gasteiger partial charge in [0.25, 0.3) is 0 Å². The van der Waals surface area contributed by atoms with Crippen molar-refractivity contribution in [1.29, 1.82) is 0 Å². The summed E-state index contributed by atoms with van der Waals surface area (Å²) >= 11 is 0. The van der Waals surface area contributed by atoms with Crippen LogP contribution in [-0.2, 0) is 22.2 Å². The normalized spacial score (nSPS) is 15.5. The summed E-state index contributed by atoms with van der Waals surface area (Å²) in [4.78, 5) is 14.6. The van der Waals surface area contributed by atoms with Crippen LogP contribution in [0.1, 0.15) is 19.8 Å². The highest BCUT2D eigenvalue weighted by molar-refractivity contribution is 6.87. The first-order valence-corrected chi connectivity index (χ1v) is 26.0. The van der Waals surface area contributed by atoms with Crippen molar-refractivity contribution < 1.29 is 22.2 Å². The minimum Gasteiger partial charge on any atom is -0.436 e. The van der Waals surface area contributed by atoms with Gasteiger partial charge in [0.05, 0.1) is 15.0 Å². The summed E-state index contributed by atoms with van der Waals surface area (Å²) in [6, 6.07) is 0. The summed E-state index contributed by atoms with van der Waals surface area (Å²) in [5.74, 6) is -0.619. The van der Waals surface area contributed by atoms with E-state index in [1.165, 1.54) is 6.08 Å². The van der Waals surface area contributed by atoms with E-state index in [9.17, 15) is 4.79 Å². The van der Waals surface area contributed by atoms with Gasteiger partial charge in [0.15, 0.2) is 32.2 Å². The Morgan fingerprint density at radius 1 is 1.10 bits per heavy atom. The quantitative estimate of drug-likeness (QED) is 0.174. The van der Waals surface area contributed by atoms with Crippen LogP contribution >= 0.6 is 0 Å². The Balaban J connectivity index is 5.38. The zero-order valence-corrected chi connectivity index (χ0v) is 27.7. The van der Waals surface area contributed by atoms with Crippen LogP contribution in [0.2, 0.25) is 65.5 Å². The molecule has 1 unspecified atom stereocenters. The molecule has 0 bridgehead atoms. The van der Waals surface area contributed by atoms with E-state index in [0.717, 1.165) is 19.1 Å². The second kappa shape index (κ2) is 13.1. The Morgan fingerprint density at radius 3 is 2.00 bits per heavy atom. The van der Waals surface area contributed by atoms with E-state index >= 15 is 0 Å². The van der Waals surface area contributed by atoms with Crippen LogP contribution in [0.3, 0.4) is 0 Å². The molecule has 0 aliphatic rings. The van der Waals surface area contributed by atoms with E-state index in [0.29, 0.717) is 12.7 Å². The third kappa shape index (κ3) is 14.8. The molecule has 0 fully saturated rings. The van der Waals surface area contributed by atoms with E-state index < -0.39 is 49.5 Å². The number of nitrogens with zero attached hydrogens (tertiary/aromatic N) is 1. The van der Waals surface area contributed by atoms with Gasteiger partial charge in [-0.1, -0.05) is 26.2 Å². The third-order valence-corrected chi connectivity index (χ3v) is 15.3. The molecule has 0 heterocycles. The van der Waals surface area contributed by atoms with Crippen molar-refractivity contribution in [1.82, 2.24) is 4.90 Å². The van der Waals surface area contributed by atoms with Crippen molar-refractivity contribution >= 4 is 49.7 Å². The number of carbonyl (C=O) groups is 1. The zero-order valence-electron chi connectivity index (χ0n) is 22.1. The molecular formula is C20H49NO5Si5. The first-order valence-electron chi connectivity index (χ1n) is 11.5. The predicted molar refractivity (Wildman–Crippen MR) is 145 cm³/mol. The standard InChI is InChI=1S/C20H49NO5Si5/c1-13-19(22)21(16-14-15-20(2,24-27-3)23-18-28(4)5)17-31(12,25-29(6,7)8)26-30(9,10)11/h13,28H,1,14-18,27H2,2-12H3. The Bertz CT molecular complexity index is 549. The van der Waals surface area contributed by atoms with Crippen molar-refractivity contribution in [2.24, 2.45) is 0 Å². The van der Waals surface area contributed by atoms with Gasteiger partial charge in [-0.3, -0.25) is 4.79 Å². The van der Waals surface area contributed by atoms with Gasteiger partial charge in [-0.15, -0.1) is 0 Å². The SMILES string of the molecule is C=CC(=O)N(CCCC(C)(OC[SiH](C)C)O[SiH2]C)C[Si](C)(O[Si](C)(C)C)O[Si](C)(C)C.